The van der Waals surface area contributed by atoms with Crippen LogP contribution in [0.4, 0.5) is 23.7 Å². The number of carbonyl (C=O) groups excluding carboxylic acids is 1. The number of rotatable bonds is 11. The van der Waals surface area contributed by atoms with Crippen molar-refractivity contribution in [3.63, 3.8) is 0 Å². The van der Waals surface area contributed by atoms with Crippen LogP contribution in [-0.4, -0.2) is 39.6 Å². The fourth-order valence-corrected chi connectivity index (χ4v) is 5.19. The smallest absolute Gasteiger partial charge is 0.383 e. The van der Waals surface area contributed by atoms with Crippen LogP contribution >= 0.6 is 0 Å². The summed E-state index contributed by atoms with van der Waals surface area (Å²) in [5.41, 5.74) is 2.43. The van der Waals surface area contributed by atoms with Crippen LogP contribution < -0.4 is 9.50 Å². The molecule has 3 aromatic carbocycles. The Kier molecular flexibility index (Phi) is 10.4. The number of ether oxygens (including phenoxy) is 1. The molecule has 0 aliphatic rings. The lowest BCUT2D eigenvalue weighted by molar-refractivity contribution is -0.137. The standard InChI is InChI=1S/C30H35F3N2O5S/c1-20(2)26-10-7-11-27(21(3)4)28(26)34-29(36)35(16-17-39-5)19-22-12-14-24(15-13-22)40-41(37,38)25-9-6-8-23(18-25)30(31,32)33/h6-15,18,20-21H,16-17,19H2,1-5H3,(H,34,36). The van der Waals surface area contributed by atoms with E-state index in [4.69, 9.17) is 8.92 Å². The number of nitrogens with zero attached hydrogens (tertiary/aromatic N) is 1. The monoisotopic (exact) mass is 592 g/mol. The number of amides is 2. The summed E-state index contributed by atoms with van der Waals surface area (Å²) in [5.74, 6) is 0.305. The molecule has 0 aromatic heterocycles. The lowest BCUT2D eigenvalue weighted by Crippen LogP contribution is -2.37. The maximum absolute atomic E-state index is 13.5. The zero-order valence-electron chi connectivity index (χ0n) is 23.7. The van der Waals surface area contributed by atoms with Crippen LogP contribution in [0, 0.1) is 0 Å². The number of nitrogens with one attached hydrogen (secondary N) is 1. The number of benzene rings is 3. The normalized spacial score (nSPS) is 12.0. The highest BCUT2D eigenvalue weighted by atomic mass is 32.2. The minimum atomic E-state index is -4.69. The minimum absolute atomic E-state index is 0.0773. The van der Waals surface area contributed by atoms with E-state index < -0.39 is 26.8 Å². The van der Waals surface area contributed by atoms with Gasteiger partial charge in [-0.05, 0) is 58.9 Å². The van der Waals surface area contributed by atoms with Gasteiger partial charge >= 0.3 is 22.3 Å². The highest BCUT2D eigenvalue weighted by Crippen LogP contribution is 2.33. The van der Waals surface area contributed by atoms with Gasteiger partial charge in [-0.2, -0.15) is 21.6 Å². The third-order valence-corrected chi connectivity index (χ3v) is 7.65. The van der Waals surface area contributed by atoms with E-state index in [0.29, 0.717) is 24.8 Å². The van der Waals surface area contributed by atoms with Crippen molar-refractivity contribution >= 4 is 21.8 Å². The van der Waals surface area contributed by atoms with Crippen LogP contribution in [0.2, 0.25) is 0 Å². The Balaban J connectivity index is 1.79. The number of para-hydroxylation sites is 1. The molecule has 41 heavy (non-hydrogen) atoms. The van der Waals surface area contributed by atoms with Gasteiger partial charge in [0.1, 0.15) is 10.6 Å². The summed E-state index contributed by atoms with van der Waals surface area (Å²) >= 11 is 0. The van der Waals surface area contributed by atoms with Crippen molar-refractivity contribution in [2.45, 2.75) is 57.1 Å². The number of methoxy groups -OCH3 is 1. The van der Waals surface area contributed by atoms with Gasteiger partial charge in [-0.25, -0.2) is 4.79 Å². The van der Waals surface area contributed by atoms with Crippen LogP contribution in [0.25, 0.3) is 0 Å². The Morgan fingerprint density at radius 2 is 1.51 bits per heavy atom. The Bertz CT molecular complexity index is 1410. The topological polar surface area (TPSA) is 84.9 Å². The second-order valence-corrected chi connectivity index (χ2v) is 11.7. The van der Waals surface area contributed by atoms with E-state index in [-0.39, 0.29) is 30.2 Å². The summed E-state index contributed by atoms with van der Waals surface area (Å²) in [4.78, 5) is 14.4. The summed E-state index contributed by atoms with van der Waals surface area (Å²) in [6.45, 7) is 9.04. The van der Waals surface area contributed by atoms with Gasteiger partial charge in [-0.15, -0.1) is 0 Å². The van der Waals surface area contributed by atoms with Crippen LogP contribution in [0.15, 0.2) is 71.6 Å². The lowest BCUT2D eigenvalue weighted by atomic mass is 9.93. The SMILES string of the molecule is COCCN(Cc1ccc(OS(=O)(=O)c2cccc(C(F)(F)F)c2)cc1)C(=O)Nc1c(C(C)C)cccc1C(C)C. The molecule has 0 saturated heterocycles. The average molecular weight is 593 g/mol. The van der Waals surface area contributed by atoms with Crippen LogP contribution in [0.5, 0.6) is 5.75 Å². The first-order valence-electron chi connectivity index (χ1n) is 13.1. The third kappa shape index (κ3) is 8.46. The Morgan fingerprint density at radius 3 is 2.05 bits per heavy atom. The second kappa shape index (κ2) is 13.4. The number of urea groups is 1. The van der Waals surface area contributed by atoms with Crippen LogP contribution in [-0.2, 0) is 27.6 Å². The number of halogens is 3. The van der Waals surface area contributed by atoms with E-state index in [1.54, 1.807) is 17.0 Å². The number of carbonyl (C=O) groups is 1. The van der Waals surface area contributed by atoms with Gasteiger partial charge in [0.05, 0.1) is 12.2 Å². The van der Waals surface area contributed by atoms with Gasteiger partial charge in [0.25, 0.3) is 0 Å². The second-order valence-electron chi connectivity index (χ2n) is 10.2. The molecule has 222 valence electrons. The van der Waals surface area contributed by atoms with E-state index in [2.05, 4.69) is 33.0 Å². The van der Waals surface area contributed by atoms with E-state index >= 15 is 0 Å². The molecule has 1 N–H and O–H groups in total. The molecular formula is C30H35F3N2O5S. The Hall–Kier alpha value is -3.57. The molecule has 0 fully saturated rings. The van der Waals surface area contributed by atoms with Crippen molar-refractivity contribution in [3.8, 4) is 5.75 Å². The fraction of sp³-hybridized carbons (Fsp3) is 0.367. The van der Waals surface area contributed by atoms with E-state index in [0.717, 1.165) is 35.0 Å². The molecular weight excluding hydrogens is 557 g/mol. The van der Waals surface area contributed by atoms with Crippen LogP contribution in [0.3, 0.4) is 0 Å². The Labute approximate surface area is 239 Å². The van der Waals surface area contributed by atoms with E-state index in [9.17, 15) is 26.4 Å². The number of hydrogen-bond donors (Lipinski definition) is 1. The van der Waals surface area contributed by atoms with Crippen LogP contribution in [0.1, 0.15) is 61.8 Å². The van der Waals surface area contributed by atoms with Crippen molar-refractivity contribution in [2.75, 3.05) is 25.6 Å². The minimum Gasteiger partial charge on any atom is -0.383 e. The van der Waals surface area contributed by atoms with Gasteiger partial charge in [-0.1, -0.05) is 64.1 Å². The quantitative estimate of drug-likeness (QED) is 0.235. The predicted molar refractivity (Wildman–Crippen MR) is 152 cm³/mol. The summed E-state index contributed by atoms with van der Waals surface area (Å²) < 4.78 is 74.6. The van der Waals surface area contributed by atoms with Gasteiger partial charge in [0, 0.05) is 25.9 Å². The first kappa shape index (κ1) is 32.0. The molecule has 0 heterocycles. The lowest BCUT2D eigenvalue weighted by Gasteiger charge is -2.26. The highest BCUT2D eigenvalue weighted by molar-refractivity contribution is 7.87. The molecule has 0 unspecified atom stereocenters. The van der Waals surface area contributed by atoms with Gasteiger partial charge in [-0.3, -0.25) is 0 Å². The van der Waals surface area contributed by atoms with Crippen molar-refractivity contribution in [1.29, 1.82) is 0 Å². The van der Waals surface area contributed by atoms with E-state index in [1.165, 1.54) is 19.2 Å². The molecule has 0 radical (unpaired) electrons. The van der Waals surface area contributed by atoms with Gasteiger partial charge in [0.15, 0.2) is 0 Å². The zero-order chi connectivity index (χ0) is 30.4. The Morgan fingerprint density at radius 1 is 0.927 bits per heavy atom. The van der Waals surface area contributed by atoms with E-state index in [1.807, 2.05) is 18.2 Å². The van der Waals surface area contributed by atoms with Crippen molar-refractivity contribution in [1.82, 2.24) is 4.90 Å². The molecule has 0 aliphatic heterocycles. The zero-order valence-corrected chi connectivity index (χ0v) is 24.5. The highest BCUT2D eigenvalue weighted by Gasteiger charge is 2.32. The maximum atomic E-state index is 13.5. The first-order valence-corrected chi connectivity index (χ1v) is 14.5. The van der Waals surface area contributed by atoms with Crippen molar-refractivity contribution in [3.05, 3.63) is 89.0 Å². The van der Waals surface area contributed by atoms with Gasteiger partial charge in [0.2, 0.25) is 0 Å². The summed E-state index contributed by atoms with van der Waals surface area (Å²) in [6.07, 6.45) is -4.69. The number of hydrogen-bond acceptors (Lipinski definition) is 5. The molecule has 3 aromatic rings. The third-order valence-electron chi connectivity index (χ3n) is 6.41. The molecule has 0 spiro atoms. The summed E-state index contributed by atoms with van der Waals surface area (Å²) in [7, 11) is -2.97. The number of alkyl halides is 3. The molecule has 2 amide bonds. The maximum Gasteiger partial charge on any atom is 0.416 e. The predicted octanol–water partition coefficient (Wildman–Crippen LogP) is 7.40. The molecule has 0 bridgehead atoms. The summed E-state index contributed by atoms with van der Waals surface area (Å²) in [5, 5.41) is 3.09. The first-order chi connectivity index (χ1) is 19.2. The molecule has 3 rings (SSSR count). The summed E-state index contributed by atoms with van der Waals surface area (Å²) in [6, 6.07) is 15.0. The van der Waals surface area contributed by atoms with Gasteiger partial charge < -0.3 is 19.1 Å². The van der Waals surface area contributed by atoms with Crippen molar-refractivity contribution < 1.29 is 35.3 Å². The van der Waals surface area contributed by atoms with Crippen molar-refractivity contribution in [2.24, 2.45) is 0 Å². The largest absolute Gasteiger partial charge is 0.416 e. The molecule has 0 saturated carbocycles. The molecule has 11 heteroatoms. The average Bonchev–Trinajstić information content (AvgIpc) is 2.91. The fourth-order valence-electron chi connectivity index (χ4n) is 4.21. The number of anilines is 1. The molecule has 7 nitrogen and oxygen atoms in total. The molecule has 0 atom stereocenters. The molecule has 0 aliphatic carbocycles.